The van der Waals surface area contributed by atoms with E-state index in [0.29, 0.717) is 57.1 Å². The number of aromatic nitrogens is 6. The summed E-state index contributed by atoms with van der Waals surface area (Å²) in [6.45, 7) is 2.81. The van der Waals surface area contributed by atoms with Crippen molar-refractivity contribution in [2.24, 2.45) is 0 Å². The molecule has 3 aliphatic heterocycles. The molecule has 0 saturated carbocycles. The first-order chi connectivity index (χ1) is 37.3. The van der Waals surface area contributed by atoms with Gasteiger partial charge >= 0.3 is 6.18 Å². The van der Waals surface area contributed by atoms with Crippen LogP contribution in [0.15, 0.2) is 116 Å². The first-order valence-corrected chi connectivity index (χ1v) is 24.3. The van der Waals surface area contributed by atoms with Gasteiger partial charge in [0, 0.05) is 50.1 Å². The van der Waals surface area contributed by atoms with Crippen LogP contribution in [0, 0.1) is 11.6 Å². The molecule has 7 heterocycles. The van der Waals surface area contributed by atoms with Gasteiger partial charge in [0.15, 0.2) is 23.3 Å². The highest BCUT2D eigenvalue weighted by atomic mass is 19.4. The van der Waals surface area contributed by atoms with Gasteiger partial charge in [0.1, 0.15) is 17.1 Å². The second-order valence-corrected chi connectivity index (χ2v) is 17.9. The largest absolute Gasteiger partial charge is 0.508 e. The standard InChI is InChI=1S/C51H49F5N16O5/c52-41-27-59-49(64-45(41)70-14-17-76-18-15-70)68-66-48(75)44-11-9-35(26-58-44)63-36-21-32(51(54,55)56)22-38(23-36)72-37(12-13-61-72)24-40-29-71(16-19-77-40)46-42(53)28-60-50(65-46)69-67-47(74)43-10-8-34(25-57-43)62-33-6-4-30(5-7-33)31-2-1-3-39(73)20-31/h1-11,20-23,25-28,37,40,61-63,73H,12-19,24,29H2,(H,66,75)(H,67,74)(H,59,64,68)(H,60,65,69). The second-order valence-electron chi connectivity index (χ2n) is 17.9. The number of hydrogen-bond acceptors (Lipinski definition) is 19. The van der Waals surface area contributed by atoms with Crippen LogP contribution in [0.25, 0.3) is 11.1 Å². The van der Waals surface area contributed by atoms with Crippen molar-refractivity contribution >= 4 is 63.8 Å². The Hall–Kier alpha value is -9.01. The van der Waals surface area contributed by atoms with E-state index in [4.69, 9.17) is 9.47 Å². The van der Waals surface area contributed by atoms with E-state index in [1.54, 1.807) is 45.1 Å². The van der Waals surface area contributed by atoms with Gasteiger partial charge in [-0.3, -0.25) is 31.3 Å². The lowest BCUT2D eigenvalue weighted by Gasteiger charge is -2.36. The highest BCUT2D eigenvalue weighted by Crippen LogP contribution is 2.37. The summed E-state index contributed by atoms with van der Waals surface area (Å²) in [5, 5.41) is 17.7. The average Bonchev–Trinajstić information content (AvgIpc) is 3.94. The summed E-state index contributed by atoms with van der Waals surface area (Å²) in [6.07, 6.45) is 0.479. The van der Waals surface area contributed by atoms with E-state index >= 15 is 4.39 Å². The number of carbonyl (C=O) groups excluding carboxylic acids is 2. The summed E-state index contributed by atoms with van der Waals surface area (Å²) in [7, 11) is 0. The Morgan fingerprint density at radius 1 is 0.675 bits per heavy atom. The van der Waals surface area contributed by atoms with Crippen LogP contribution >= 0.6 is 0 Å². The number of rotatable bonds is 16. The van der Waals surface area contributed by atoms with Gasteiger partial charge in [-0.15, -0.1) is 0 Å². The van der Waals surface area contributed by atoms with Gasteiger partial charge in [-0.25, -0.2) is 34.1 Å². The highest BCUT2D eigenvalue weighted by molar-refractivity contribution is 5.93. The van der Waals surface area contributed by atoms with Gasteiger partial charge in [-0.2, -0.15) is 23.1 Å². The maximum atomic E-state index is 15.4. The molecule has 3 fully saturated rings. The average molecular weight is 1060 g/mol. The fourth-order valence-corrected chi connectivity index (χ4v) is 8.86. The van der Waals surface area contributed by atoms with Crippen LogP contribution < -0.4 is 52.6 Å². The summed E-state index contributed by atoms with van der Waals surface area (Å²) in [4.78, 5) is 54.2. The summed E-state index contributed by atoms with van der Waals surface area (Å²) in [5.41, 5.74) is 16.2. The van der Waals surface area contributed by atoms with Crippen LogP contribution in [0.4, 0.5) is 73.9 Å². The lowest BCUT2D eigenvalue weighted by atomic mass is 10.0. The minimum absolute atomic E-state index is 0.0406. The summed E-state index contributed by atoms with van der Waals surface area (Å²) >= 11 is 0. The van der Waals surface area contributed by atoms with E-state index in [0.717, 1.165) is 41.3 Å². The second kappa shape index (κ2) is 22.9. The molecule has 0 radical (unpaired) electrons. The molecule has 77 heavy (non-hydrogen) atoms. The summed E-state index contributed by atoms with van der Waals surface area (Å²) < 4.78 is 84.5. The van der Waals surface area contributed by atoms with E-state index in [2.05, 4.69) is 67.7 Å². The number of nitrogens with zero attached hydrogens (tertiary/aromatic N) is 9. The number of nitrogens with one attached hydrogen (secondary N) is 7. The lowest BCUT2D eigenvalue weighted by molar-refractivity contribution is -0.137. The predicted molar refractivity (Wildman–Crippen MR) is 275 cm³/mol. The number of phenolic OH excluding ortho intramolecular Hbond substituents is 1. The monoisotopic (exact) mass is 1060 g/mol. The van der Waals surface area contributed by atoms with Crippen LogP contribution in [0.1, 0.15) is 39.4 Å². The predicted octanol–water partition coefficient (Wildman–Crippen LogP) is 6.94. The molecule has 3 aromatic carbocycles. The number of hydrazine groups is 3. The number of phenols is 1. The molecule has 2 unspecified atom stereocenters. The number of halogens is 5. The van der Waals surface area contributed by atoms with Gasteiger partial charge in [-0.05, 0) is 90.7 Å². The number of hydrogen-bond donors (Lipinski definition) is 8. The van der Waals surface area contributed by atoms with Crippen molar-refractivity contribution in [1.82, 2.24) is 46.2 Å². The third-order valence-corrected chi connectivity index (χ3v) is 12.6. The zero-order valence-electron chi connectivity index (χ0n) is 40.7. The van der Waals surface area contributed by atoms with Crippen molar-refractivity contribution in [3.05, 3.63) is 144 Å². The van der Waals surface area contributed by atoms with Crippen molar-refractivity contribution in [2.75, 3.05) is 88.8 Å². The Morgan fingerprint density at radius 3 is 1.90 bits per heavy atom. The number of carbonyl (C=O) groups is 2. The minimum Gasteiger partial charge on any atom is -0.508 e. The van der Waals surface area contributed by atoms with Crippen LogP contribution in [0.5, 0.6) is 5.75 Å². The first kappa shape index (κ1) is 51.5. The molecule has 26 heteroatoms. The maximum Gasteiger partial charge on any atom is 0.416 e. The third kappa shape index (κ3) is 12.7. The zero-order valence-corrected chi connectivity index (χ0v) is 40.7. The van der Waals surface area contributed by atoms with Gasteiger partial charge in [0.25, 0.3) is 11.8 Å². The van der Waals surface area contributed by atoms with Crippen molar-refractivity contribution < 1.29 is 46.1 Å². The van der Waals surface area contributed by atoms with Crippen LogP contribution in [-0.2, 0) is 15.7 Å². The number of ether oxygens (including phenoxy) is 2. The Balaban J connectivity index is 0.733. The number of alkyl halides is 3. The molecule has 2 atom stereocenters. The van der Waals surface area contributed by atoms with Crippen LogP contribution in [0.3, 0.4) is 0 Å². The Labute approximate surface area is 436 Å². The molecule has 3 aliphatic rings. The quantitative estimate of drug-likeness (QED) is 0.0361. The third-order valence-electron chi connectivity index (χ3n) is 12.6. The molecule has 398 valence electrons. The Kier molecular flexibility index (Phi) is 15.3. The van der Waals surface area contributed by atoms with Crippen molar-refractivity contribution in [2.45, 2.75) is 31.2 Å². The number of morpholine rings is 2. The molecule has 8 N–H and O–H groups in total. The molecule has 4 aromatic heterocycles. The van der Waals surface area contributed by atoms with E-state index in [-0.39, 0.29) is 77.8 Å². The van der Waals surface area contributed by atoms with Crippen LogP contribution in [0.2, 0.25) is 0 Å². The van der Waals surface area contributed by atoms with E-state index in [1.807, 2.05) is 30.3 Å². The normalized spacial score (nSPS) is 16.7. The molecular weight excluding hydrogens is 1010 g/mol. The van der Waals surface area contributed by atoms with Gasteiger partial charge < -0.3 is 40.0 Å². The topological polar surface area (TPSA) is 244 Å². The Morgan fingerprint density at radius 2 is 1.29 bits per heavy atom. The fourth-order valence-electron chi connectivity index (χ4n) is 8.86. The lowest BCUT2D eigenvalue weighted by Crippen LogP contribution is -2.47. The van der Waals surface area contributed by atoms with E-state index in [1.165, 1.54) is 30.6 Å². The molecular formula is C51H49F5N16O5. The molecule has 0 spiro atoms. The number of amides is 2. The SMILES string of the molecule is O=C(NNc1ncc(F)c(N2CCOCC2)n1)c1ccc(Nc2cc(N3NCCC3CC3CN(c4nc(NNC(=O)c5ccc(Nc6ccc(-c7cccc(O)c7)cc6)cn5)ncc4F)CCO3)cc(C(F)(F)F)c2)cn1. The molecule has 2 amide bonds. The summed E-state index contributed by atoms with van der Waals surface area (Å²) in [6, 6.07) is 23.8. The zero-order chi connectivity index (χ0) is 53.5. The van der Waals surface area contributed by atoms with Gasteiger partial charge in [-0.1, -0.05) is 24.3 Å². The molecule has 7 aromatic rings. The fraction of sp³-hybridized carbons (Fsp3) is 0.255. The number of benzene rings is 3. The van der Waals surface area contributed by atoms with Crippen LogP contribution in [-0.4, -0.2) is 112 Å². The highest BCUT2D eigenvalue weighted by Gasteiger charge is 2.35. The van der Waals surface area contributed by atoms with Crippen molar-refractivity contribution in [3.8, 4) is 16.9 Å². The number of pyridine rings is 2. The van der Waals surface area contributed by atoms with Gasteiger partial charge in [0.05, 0.1) is 73.3 Å². The molecule has 10 rings (SSSR count). The first-order valence-electron chi connectivity index (χ1n) is 24.3. The van der Waals surface area contributed by atoms with Gasteiger partial charge in [0.2, 0.25) is 11.9 Å². The van der Waals surface area contributed by atoms with Crippen molar-refractivity contribution in [1.29, 1.82) is 0 Å². The summed E-state index contributed by atoms with van der Waals surface area (Å²) in [5.74, 6) is -2.59. The smallest absolute Gasteiger partial charge is 0.416 e. The molecule has 0 bridgehead atoms. The number of aromatic hydroxyl groups is 1. The van der Waals surface area contributed by atoms with E-state index < -0.39 is 41.3 Å². The maximum absolute atomic E-state index is 15.4. The molecule has 0 aliphatic carbocycles. The Bertz CT molecular complexity index is 3210. The number of anilines is 9. The van der Waals surface area contributed by atoms with E-state index in [9.17, 15) is 32.3 Å². The minimum atomic E-state index is -4.70. The molecule has 21 nitrogen and oxygen atoms in total. The van der Waals surface area contributed by atoms with Crippen molar-refractivity contribution in [3.63, 3.8) is 0 Å². The molecule has 3 saturated heterocycles.